The largest absolute Gasteiger partial charge is 0.458 e. The highest BCUT2D eigenvalue weighted by Crippen LogP contribution is 2.40. The van der Waals surface area contributed by atoms with Crippen LogP contribution in [0.2, 0.25) is 0 Å². The lowest BCUT2D eigenvalue weighted by molar-refractivity contribution is -0.296. The van der Waals surface area contributed by atoms with Gasteiger partial charge in [0.2, 0.25) is 0 Å². The fraction of sp³-hybridized carbons (Fsp3) is 0.643. The summed E-state index contributed by atoms with van der Waals surface area (Å²) in [4.78, 5) is 61.8. The normalized spacial score (nSPS) is 38.1. The Balaban J connectivity index is 1.56. The molecule has 3 aliphatic heterocycles. The van der Waals surface area contributed by atoms with E-state index in [4.69, 9.17) is 23.7 Å². The van der Waals surface area contributed by atoms with E-state index in [0.29, 0.717) is 6.42 Å². The summed E-state index contributed by atoms with van der Waals surface area (Å²) in [5.74, 6) is -5.12. The van der Waals surface area contributed by atoms with Gasteiger partial charge in [-0.2, -0.15) is 0 Å². The highest BCUT2D eigenvalue weighted by Gasteiger charge is 2.57. The molecule has 2 aromatic rings. The third kappa shape index (κ3) is 8.96. The highest BCUT2D eigenvalue weighted by atomic mass is 16.7. The fourth-order valence-corrected chi connectivity index (χ4v) is 8.73. The zero-order valence-corrected chi connectivity index (χ0v) is 33.8. The molecule has 302 valence electrons. The van der Waals surface area contributed by atoms with Crippen LogP contribution >= 0.6 is 0 Å². The molecule has 55 heavy (non-hydrogen) atoms. The van der Waals surface area contributed by atoms with Gasteiger partial charge in [-0.1, -0.05) is 58.0 Å². The van der Waals surface area contributed by atoms with Crippen molar-refractivity contribution in [2.24, 2.45) is 23.7 Å². The van der Waals surface area contributed by atoms with Crippen LogP contribution in [0, 0.1) is 23.7 Å². The minimum atomic E-state index is -1.38. The number of carbonyl (C=O) groups excluding carboxylic acids is 4. The van der Waals surface area contributed by atoms with E-state index in [1.807, 2.05) is 68.4 Å². The van der Waals surface area contributed by atoms with E-state index in [-0.39, 0.29) is 37.4 Å². The molecule has 0 radical (unpaired) electrons. The number of pyridine rings is 1. The number of Topliss-reactive ketones (excluding diaryl/α,β-unsaturated/α-hetero) is 2. The Morgan fingerprint density at radius 2 is 1.75 bits per heavy atom. The number of ketones is 2. The number of aliphatic hydroxyl groups excluding tert-OH is 1. The van der Waals surface area contributed by atoms with Crippen LogP contribution in [0.15, 0.2) is 42.6 Å². The van der Waals surface area contributed by atoms with E-state index in [1.54, 1.807) is 47.7 Å². The molecule has 0 saturated carbocycles. The number of nitrogens with zero attached hydrogens (tertiary/aromatic N) is 2. The molecule has 1 amide bonds. The third-order valence-electron chi connectivity index (χ3n) is 11.9. The number of esters is 1. The Bertz CT molecular complexity index is 1750. The maximum absolute atomic E-state index is 14.4. The number of hydrogen-bond donors (Lipinski definition) is 2. The fourth-order valence-electron chi connectivity index (χ4n) is 8.73. The predicted octanol–water partition coefficient (Wildman–Crippen LogP) is 5.11. The SMILES string of the molecule is CC[C@H]1OC(=O)[C@H](C)C(=O)[C@H](C)[C@H](O[C@@H]2O[C@H](C)C[C@H](N(C)C)[C@@H]2O)C(C)(OC/C=C/c2cnc3ccccc3c2)C[C@H](C)C(=O)[C@@H](C)[C@@H]2NC(=O)O[C@@]12C. The van der Waals surface area contributed by atoms with Crippen molar-refractivity contribution in [1.82, 2.24) is 15.2 Å². The summed E-state index contributed by atoms with van der Waals surface area (Å²) in [5, 5.41) is 15.4. The van der Waals surface area contributed by atoms with Gasteiger partial charge in [-0.25, -0.2) is 4.79 Å². The first-order chi connectivity index (χ1) is 25.9. The van der Waals surface area contributed by atoms with E-state index in [9.17, 15) is 24.3 Å². The van der Waals surface area contributed by atoms with Crippen molar-refractivity contribution in [3.8, 4) is 0 Å². The van der Waals surface area contributed by atoms with Gasteiger partial charge >= 0.3 is 12.1 Å². The van der Waals surface area contributed by atoms with Crippen LogP contribution in [0.1, 0.15) is 80.2 Å². The van der Waals surface area contributed by atoms with Crippen LogP contribution in [-0.2, 0) is 38.1 Å². The summed E-state index contributed by atoms with van der Waals surface area (Å²) < 4.78 is 31.4. The minimum absolute atomic E-state index is 0.0612. The van der Waals surface area contributed by atoms with Crippen molar-refractivity contribution in [1.29, 1.82) is 0 Å². The number of carbonyl (C=O) groups is 4. The molecule has 1 unspecified atom stereocenters. The zero-order chi connectivity index (χ0) is 40.4. The van der Waals surface area contributed by atoms with Crippen LogP contribution in [0.5, 0.6) is 0 Å². The van der Waals surface area contributed by atoms with Gasteiger partial charge in [0, 0.05) is 35.4 Å². The number of cyclic esters (lactones) is 1. The monoisotopic (exact) mass is 765 g/mol. The van der Waals surface area contributed by atoms with Crippen LogP contribution in [0.25, 0.3) is 17.0 Å². The molecule has 5 rings (SSSR count). The molecule has 1 aromatic carbocycles. The van der Waals surface area contributed by atoms with E-state index in [1.165, 1.54) is 6.92 Å². The Labute approximate surface area is 324 Å². The number of aliphatic hydroxyl groups is 1. The lowest BCUT2D eigenvalue weighted by Crippen LogP contribution is -2.60. The average Bonchev–Trinajstić information content (AvgIpc) is 3.47. The smallest absolute Gasteiger partial charge is 0.408 e. The summed E-state index contributed by atoms with van der Waals surface area (Å²) in [6.45, 7) is 13.8. The topological polar surface area (TPSA) is 163 Å². The van der Waals surface area contributed by atoms with Crippen molar-refractivity contribution in [2.45, 2.75) is 129 Å². The van der Waals surface area contributed by atoms with Crippen molar-refractivity contribution in [3.05, 3.63) is 48.2 Å². The second kappa shape index (κ2) is 17.2. The maximum Gasteiger partial charge on any atom is 0.408 e. The van der Waals surface area contributed by atoms with E-state index in [2.05, 4.69) is 10.3 Å². The molecular formula is C42H59N3O10. The molecule has 3 saturated heterocycles. The summed E-state index contributed by atoms with van der Waals surface area (Å²) in [5.41, 5.74) is -1.00. The number of amides is 1. The third-order valence-corrected chi connectivity index (χ3v) is 11.9. The number of aromatic nitrogens is 1. The maximum atomic E-state index is 14.4. The van der Waals surface area contributed by atoms with Crippen molar-refractivity contribution in [2.75, 3.05) is 20.7 Å². The summed E-state index contributed by atoms with van der Waals surface area (Å²) in [6.07, 6.45) is 1.12. The van der Waals surface area contributed by atoms with Gasteiger partial charge in [-0.15, -0.1) is 0 Å². The summed E-state index contributed by atoms with van der Waals surface area (Å²) in [6, 6.07) is 8.70. The molecule has 1 aromatic heterocycles. The molecule has 13 nitrogen and oxygen atoms in total. The van der Waals surface area contributed by atoms with Gasteiger partial charge in [0.15, 0.2) is 17.7 Å². The molecule has 4 heterocycles. The Kier molecular flexibility index (Phi) is 13.2. The molecular weight excluding hydrogens is 706 g/mol. The van der Waals surface area contributed by atoms with Gasteiger partial charge in [-0.3, -0.25) is 19.4 Å². The minimum Gasteiger partial charge on any atom is -0.458 e. The van der Waals surface area contributed by atoms with E-state index in [0.717, 1.165) is 16.5 Å². The second-order valence-electron chi connectivity index (χ2n) is 16.4. The molecule has 0 bridgehead atoms. The zero-order valence-electron chi connectivity index (χ0n) is 33.8. The van der Waals surface area contributed by atoms with Crippen LogP contribution < -0.4 is 5.32 Å². The van der Waals surface area contributed by atoms with Crippen molar-refractivity contribution < 1.29 is 48.0 Å². The number of alkyl carbamates (subject to hydrolysis) is 1. The molecule has 0 spiro atoms. The van der Waals surface area contributed by atoms with E-state index < -0.39 is 83.4 Å². The van der Waals surface area contributed by atoms with Crippen molar-refractivity contribution in [3.63, 3.8) is 0 Å². The number of hydrogen-bond acceptors (Lipinski definition) is 12. The average molecular weight is 766 g/mol. The highest BCUT2D eigenvalue weighted by molar-refractivity contribution is 6.00. The van der Waals surface area contributed by atoms with Crippen LogP contribution in [0.3, 0.4) is 0 Å². The van der Waals surface area contributed by atoms with Gasteiger partial charge in [0.1, 0.15) is 23.9 Å². The first kappa shape index (κ1) is 42.4. The first-order valence-electron chi connectivity index (χ1n) is 19.5. The van der Waals surface area contributed by atoms with Gasteiger partial charge in [0.25, 0.3) is 0 Å². The van der Waals surface area contributed by atoms with Crippen LogP contribution in [0.4, 0.5) is 4.79 Å². The molecule has 3 fully saturated rings. The Morgan fingerprint density at radius 3 is 2.44 bits per heavy atom. The van der Waals surface area contributed by atoms with Gasteiger partial charge in [-0.05, 0) is 78.7 Å². The molecule has 13 heteroatoms. The van der Waals surface area contributed by atoms with Crippen molar-refractivity contribution >= 4 is 40.6 Å². The number of rotatable bonds is 8. The molecule has 3 aliphatic rings. The number of likely N-dealkylation sites (N-methyl/N-ethyl adjacent to an activating group) is 1. The predicted molar refractivity (Wildman–Crippen MR) is 206 cm³/mol. The first-order valence-corrected chi connectivity index (χ1v) is 19.5. The number of ether oxygens (including phenoxy) is 5. The Morgan fingerprint density at radius 1 is 1.04 bits per heavy atom. The molecule has 13 atom stereocenters. The summed E-state index contributed by atoms with van der Waals surface area (Å²) >= 11 is 0. The molecule has 2 N–H and O–H groups in total. The second-order valence-corrected chi connectivity index (χ2v) is 16.4. The van der Waals surface area contributed by atoms with E-state index >= 15 is 0 Å². The lowest BCUT2D eigenvalue weighted by atomic mass is 9.73. The number of nitrogens with one attached hydrogen (secondary N) is 1. The Hall–Kier alpha value is -3.75. The molecule has 0 aliphatic carbocycles. The summed E-state index contributed by atoms with van der Waals surface area (Å²) in [7, 11) is 3.74. The quantitative estimate of drug-likeness (QED) is 0.270. The van der Waals surface area contributed by atoms with Crippen LogP contribution in [-0.4, -0.2) is 113 Å². The number of para-hydroxylation sites is 1. The number of benzene rings is 1. The van der Waals surface area contributed by atoms with Gasteiger partial charge in [0.05, 0.1) is 36.0 Å². The number of fused-ring (bicyclic) bond motifs is 2. The standard InChI is InChI=1S/C42H59N3O10/c1-11-32-42(8)36(44-40(50)55-42)25(4)33(46)23(2)21-41(7,51-18-14-15-28-20-29-16-12-13-17-30(29)43-22-28)37(26(5)34(47)27(6)38(49)53-32)54-39-35(48)31(45(9)10)19-24(3)52-39/h12-17,20,22-27,31-32,35-37,39,48H,11,18-19,21H2,1-10H3,(H,44,50)/b15-14+/t23-,24+,25+,26-,27+,31-,32+,35-,36-,37-,39-,41?,42-/m0/s1. The lowest BCUT2D eigenvalue weighted by Gasteiger charge is -2.47. The van der Waals surface area contributed by atoms with Gasteiger partial charge < -0.3 is 39.0 Å².